The first-order valence-corrected chi connectivity index (χ1v) is 10.1. The molecule has 142 valence electrons. The van der Waals surface area contributed by atoms with E-state index in [0.717, 1.165) is 18.4 Å². The Balaban J connectivity index is 2.11. The number of hydrogen-bond acceptors (Lipinski definition) is 2. The van der Waals surface area contributed by atoms with Gasteiger partial charge in [0.2, 0.25) is 0 Å². The predicted octanol–water partition coefficient (Wildman–Crippen LogP) is 6.64. The molecule has 0 aliphatic rings. The smallest absolute Gasteiger partial charge is 0.339 e. The Morgan fingerprint density at radius 1 is 0.880 bits per heavy atom. The van der Waals surface area contributed by atoms with Crippen molar-refractivity contribution in [3.63, 3.8) is 0 Å². The molecule has 0 radical (unpaired) electrons. The molecule has 25 heavy (non-hydrogen) atoms. The Morgan fingerprint density at radius 2 is 1.40 bits per heavy atom. The van der Waals surface area contributed by atoms with Gasteiger partial charge in [0.25, 0.3) is 0 Å². The monoisotopic (exact) mass is 348 g/mol. The van der Waals surface area contributed by atoms with Crippen molar-refractivity contribution in [1.82, 2.24) is 0 Å². The van der Waals surface area contributed by atoms with Crippen LogP contribution < -0.4 is 4.74 Å². The Morgan fingerprint density at radius 3 is 1.88 bits per heavy atom. The highest BCUT2D eigenvalue weighted by molar-refractivity contribution is 5.92. The minimum atomic E-state index is -0.897. The van der Waals surface area contributed by atoms with Gasteiger partial charge in [-0.1, -0.05) is 89.7 Å². The fraction of sp³-hybridized carbons (Fsp3) is 0.682. The molecule has 1 aromatic carbocycles. The average molecular weight is 349 g/mol. The second-order valence-electron chi connectivity index (χ2n) is 6.94. The van der Waals surface area contributed by atoms with Crippen molar-refractivity contribution >= 4 is 5.97 Å². The van der Waals surface area contributed by atoms with Crippen LogP contribution in [0.3, 0.4) is 0 Å². The molecule has 0 heterocycles. The maximum absolute atomic E-state index is 11.4. The van der Waals surface area contributed by atoms with Crippen LogP contribution in [-0.2, 0) is 6.42 Å². The lowest BCUT2D eigenvalue weighted by atomic mass is 9.99. The zero-order chi connectivity index (χ0) is 18.3. The molecule has 3 heteroatoms. The molecule has 1 N–H and O–H groups in total. The summed E-state index contributed by atoms with van der Waals surface area (Å²) < 4.78 is 5.18. The van der Waals surface area contributed by atoms with Crippen LogP contribution in [0.4, 0.5) is 0 Å². The number of ether oxygens (including phenoxy) is 1. The standard InChI is InChI=1S/C22H36O3/c1-3-4-5-6-7-8-9-10-11-12-13-14-16-19-17-15-18-20(25-2)21(19)22(23)24/h15,17-18H,3-14,16H2,1-2H3,(H,23,24). The second-order valence-corrected chi connectivity index (χ2v) is 6.94. The number of aromatic carboxylic acids is 1. The van der Waals surface area contributed by atoms with Gasteiger partial charge in [-0.15, -0.1) is 0 Å². The number of aryl methyl sites for hydroxylation is 1. The van der Waals surface area contributed by atoms with Crippen LogP contribution in [0.1, 0.15) is 99.9 Å². The lowest BCUT2D eigenvalue weighted by Gasteiger charge is -2.10. The van der Waals surface area contributed by atoms with Gasteiger partial charge in [-0.3, -0.25) is 0 Å². The van der Waals surface area contributed by atoms with Crippen molar-refractivity contribution in [1.29, 1.82) is 0 Å². The van der Waals surface area contributed by atoms with E-state index in [9.17, 15) is 9.90 Å². The van der Waals surface area contributed by atoms with Crippen LogP contribution >= 0.6 is 0 Å². The Kier molecular flexibility index (Phi) is 11.8. The van der Waals surface area contributed by atoms with E-state index in [1.54, 1.807) is 6.07 Å². The molecule has 0 saturated heterocycles. The summed E-state index contributed by atoms with van der Waals surface area (Å²) in [5, 5.41) is 9.39. The number of carboxylic acids is 1. The van der Waals surface area contributed by atoms with Crippen LogP contribution in [0.25, 0.3) is 0 Å². The van der Waals surface area contributed by atoms with E-state index in [4.69, 9.17) is 4.74 Å². The molecule has 0 spiro atoms. The number of carbonyl (C=O) groups is 1. The molecule has 0 aliphatic heterocycles. The molecule has 0 saturated carbocycles. The highest BCUT2D eigenvalue weighted by atomic mass is 16.5. The average Bonchev–Trinajstić information content (AvgIpc) is 2.62. The quantitative estimate of drug-likeness (QED) is 0.361. The summed E-state index contributed by atoms with van der Waals surface area (Å²) in [5.74, 6) is -0.435. The summed E-state index contributed by atoms with van der Waals surface area (Å²) in [6, 6.07) is 5.50. The molecule has 0 unspecified atom stereocenters. The summed E-state index contributed by atoms with van der Waals surface area (Å²) in [5.41, 5.74) is 1.21. The van der Waals surface area contributed by atoms with Crippen LogP contribution in [0.15, 0.2) is 18.2 Å². The van der Waals surface area contributed by atoms with Gasteiger partial charge < -0.3 is 9.84 Å². The minimum absolute atomic E-state index is 0.327. The van der Waals surface area contributed by atoms with Gasteiger partial charge in [-0.25, -0.2) is 4.79 Å². The van der Waals surface area contributed by atoms with E-state index in [-0.39, 0.29) is 0 Å². The van der Waals surface area contributed by atoms with Gasteiger partial charge in [0.05, 0.1) is 7.11 Å². The van der Waals surface area contributed by atoms with Crippen LogP contribution in [-0.4, -0.2) is 18.2 Å². The summed E-state index contributed by atoms with van der Waals surface area (Å²) in [6.45, 7) is 2.26. The summed E-state index contributed by atoms with van der Waals surface area (Å²) >= 11 is 0. The first-order chi connectivity index (χ1) is 12.2. The molecule has 1 rings (SSSR count). The fourth-order valence-corrected chi connectivity index (χ4v) is 3.35. The summed E-state index contributed by atoms with van der Waals surface area (Å²) in [4.78, 5) is 11.4. The third kappa shape index (κ3) is 8.94. The molecule has 1 aromatic rings. The zero-order valence-electron chi connectivity index (χ0n) is 16.2. The van der Waals surface area contributed by atoms with Crippen molar-refractivity contribution in [3.05, 3.63) is 29.3 Å². The van der Waals surface area contributed by atoms with Crippen molar-refractivity contribution in [2.45, 2.75) is 90.4 Å². The van der Waals surface area contributed by atoms with E-state index >= 15 is 0 Å². The number of rotatable bonds is 15. The van der Waals surface area contributed by atoms with E-state index in [2.05, 4.69) is 6.92 Å². The number of benzene rings is 1. The Bertz CT molecular complexity index is 482. The number of carboxylic acid groups (broad SMARTS) is 1. The lowest BCUT2D eigenvalue weighted by Crippen LogP contribution is -2.05. The van der Waals surface area contributed by atoms with Crippen LogP contribution in [0.5, 0.6) is 5.75 Å². The third-order valence-electron chi connectivity index (χ3n) is 4.85. The van der Waals surface area contributed by atoms with Gasteiger partial charge >= 0.3 is 5.97 Å². The van der Waals surface area contributed by atoms with Gasteiger partial charge in [-0.2, -0.15) is 0 Å². The second kappa shape index (κ2) is 13.7. The van der Waals surface area contributed by atoms with Gasteiger partial charge in [-0.05, 0) is 24.5 Å². The highest BCUT2D eigenvalue weighted by Gasteiger charge is 2.15. The normalized spacial score (nSPS) is 10.8. The summed E-state index contributed by atoms with van der Waals surface area (Å²) in [6.07, 6.45) is 16.6. The van der Waals surface area contributed by atoms with Crippen LogP contribution in [0.2, 0.25) is 0 Å². The van der Waals surface area contributed by atoms with Crippen molar-refractivity contribution < 1.29 is 14.6 Å². The predicted molar refractivity (Wildman–Crippen MR) is 105 cm³/mol. The molecule has 0 bridgehead atoms. The molecule has 0 atom stereocenters. The fourth-order valence-electron chi connectivity index (χ4n) is 3.35. The van der Waals surface area contributed by atoms with Crippen LogP contribution in [0, 0.1) is 0 Å². The SMILES string of the molecule is CCCCCCCCCCCCCCc1cccc(OC)c1C(=O)O. The Labute approximate surface area is 153 Å². The molecule has 3 nitrogen and oxygen atoms in total. The first kappa shape index (κ1) is 21.5. The first-order valence-electron chi connectivity index (χ1n) is 10.1. The molecule has 0 aliphatic carbocycles. The zero-order valence-corrected chi connectivity index (χ0v) is 16.2. The minimum Gasteiger partial charge on any atom is -0.496 e. The molecule has 0 amide bonds. The van der Waals surface area contributed by atoms with E-state index in [1.807, 2.05) is 12.1 Å². The largest absolute Gasteiger partial charge is 0.496 e. The third-order valence-corrected chi connectivity index (χ3v) is 4.85. The molecule has 0 aromatic heterocycles. The molecular weight excluding hydrogens is 312 g/mol. The molecular formula is C22H36O3. The maximum atomic E-state index is 11.4. The Hall–Kier alpha value is -1.51. The van der Waals surface area contributed by atoms with Crippen molar-refractivity contribution in [3.8, 4) is 5.75 Å². The summed E-state index contributed by atoms with van der Waals surface area (Å²) in [7, 11) is 1.52. The molecule has 0 fully saturated rings. The highest BCUT2D eigenvalue weighted by Crippen LogP contribution is 2.24. The van der Waals surface area contributed by atoms with Gasteiger partial charge in [0.1, 0.15) is 11.3 Å². The topological polar surface area (TPSA) is 46.5 Å². The number of methoxy groups -OCH3 is 1. The van der Waals surface area contributed by atoms with Crippen molar-refractivity contribution in [2.24, 2.45) is 0 Å². The maximum Gasteiger partial charge on any atom is 0.339 e. The van der Waals surface area contributed by atoms with E-state index in [0.29, 0.717) is 11.3 Å². The van der Waals surface area contributed by atoms with Gasteiger partial charge in [0, 0.05) is 0 Å². The number of unbranched alkanes of at least 4 members (excludes halogenated alkanes) is 11. The van der Waals surface area contributed by atoms with E-state index < -0.39 is 5.97 Å². The lowest BCUT2D eigenvalue weighted by molar-refractivity contribution is 0.0692. The number of hydrogen-bond donors (Lipinski definition) is 1. The van der Waals surface area contributed by atoms with Crippen molar-refractivity contribution in [2.75, 3.05) is 7.11 Å². The van der Waals surface area contributed by atoms with Gasteiger partial charge in [0.15, 0.2) is 0 Å². The van der Waals surface area contributed by atoms with E-state index in [1.165, 1.54) is 77.7 Å².